The number of hydrogen-bond donors (Lipinski definition) is 3. The number of hydrogen-bond acceptors (Lipinski definition) is 5. The maximum Gasteiger partial charge on any atom is 0.243 e. The third kappa shape index (κ3) is 6.98. The van der Waals surface area contributed by atoms with Gasteiger partial charge in [-0.2, -0.15) is 0 Å². The molecule has 3 N–H and O–H groups in total. The van der Waals surface area contributed by atoms with Crippen LogP contribution in [0.25, 0.3) is 0 Å². The van der Waals surface area contributed by atoms with Gasteiger partial charge in [0.1, 0.15) is 0 Å². The van der Waals surface area contributed by atoms with Gasteiger partial charge in [-0.1, -0.05) is 13.8 Å². The summed E-state index contributed by atoms with van der Waals surface area (Å²) in [5, 5.41) is 15.0. The zero-order valence-electron chi connectivity index (χ0n) is 12.4. The van der Waals surface area contributed by atoms with Crippen molar-refractivity contribution in [3.05, 3.63) is 0 Å². The molecule has 0 bridgehead atoms. The molecule has 1 aliphatic heterocycles. The summed E-state index contributed by atoms with van der Waals surface area (Å²) in [5.74, 6) is 0.117. The second-order valence-corrected chi connectivity index (χ2v) is 5.68. The van der Waals surface area contributed by atoms with Crippen molar-refractivity contribution in [3.8, 4) is 0 Å². The number of nitrogens with one attached hydrogen (secondary N) is 2. The number of carbonyl (C=O) groups is 2. The van der Waals surface area contributed by atoms with Gasteiger partial charge in [-0.3, -0.25) is 14.9 Å². The van der Waals surface area contributed by atoms with E-state index in [9.17, 15) is 14.7 Å². The van der Waals surface area contributed by atoms with Gasteiger partial charge in [-0.05, 0) is 25.2 Å². The predicted molar refractivity (Wildman–Crippen MR) is 75.1 cm³/mol. The van der Waals surface area contributed by atoms with Crippen LogP contribution in [0.2, 0.25) is 0 Å². The SMILES string of the molecule is CC(C)CCCOCC(O)CNC1CCC(=O)NC1=O. The Morgan fingerprint density at radius 1 is 1.45 bits per heavy atom. The Morgan fingerprint density at radius 2 is 2.20 bits per heavy atom. The predicted octanol–water partition coefficient (Wildman–Crippen LogP) is 0.195. The second-order valence-electron chi connectivity index (χ2n) is 5.68. The lowest BCUT2D eigenvalue weighted by Crippen LogP contribution is -2.52. The molecule has 6 nitrogen and oxygen atoms in total. The summed E-state index contributed by atoms with van der Waals surface area (Å²) in [6.45, 7) is 5.53. The van der Waals surface area contributed by atoms with Crippen molar-refractivity contribution in [2.24, 2.45) is 5.92 Å². The number of rotatable bonds is 9. The molecule has 0 saturated carbocycles. The number of piperidine rings is 1. The average molecular weight is 286 g/mol. The molecule has 1 rings (SSSR count). The Hall–Kier alpha value is -0.980. The summed E-state index contributed by atoms with van der Waals surface area (Å²) >= 11 is 0. The normalized spacial score (nSPS) is 21.1. The number of ether oxygens (including phenoxy) is 1. The van der Waals surface area contributed by atoms with E-state index in [0.717, 1.165) is 12.8 Å². The van der Waals surface area contributed by atoms with E-state index in [4.69, 9.17) is 4.74 Å². The molecule has 1 saturated heterocycles. The highest BCUT2D eigenvalue weighted by Crippen LogP contribution is 2.05. The molecule has 1 fully saturated rings. The fraction of sp³-hybridized carbons (Fsp3) is 0.857. The molecule has 0 aromatic carbocycles. The van der Waals surface area contributed by atoms with Crippen LogP contribution in [0.15, 0.2) is 0 Å². The Morgan fingerprint density at radius 3 is 2.85 bits per heavy atom. The summed E-state index contributed by atoms with van der Waals surface area (Å²) in [5.41, 5.74) is 0. The minimum Gasteiger partial charge on any atom is -0.389 e. The number of aliphatic hydroxyl groups excluding tert-OH is 1. The first kappa shape index (κ1) is 17.1. The number of carbonyl (C=O) groups excluding carboxylic acids is 2. The van der Waals surface area contributed by atoms with Crippen LogP contribution in [-0.4, -0.2) is 48.8 Å². The molecule has 6 heteroatoms. The molecule has 0 aromatic rings. The van der Waals surface area contributed by atoms with Gasteiger partial charge in [-0.15, -0.1) is 0 Å². The van der Waals surface area contributed by atoms with Gasteiger partial charge in [-0.25, -0.2) is 0 Å². The van der Waals surface area contributed by atoms with Crippen LogP contribution in [0.4, 0.5) is 0 Å². The molecule has 2 atom stereocenters. The number of imide groups is 1. The highest BCUT2D eigenvalue weighted by atomic mass is 16.5. The minimum atomic E-state index is -0.639. The minimum absolute atomic E-state index is 0.234. The Balaban J connectivity index is 2.06. The van der Waals surface area contributed by atoms with Crippen molar-refractivity contribution < 1.29 is 19.4 Å². The molecule has 1 aliphatic rings. The highest BCUT2D eigenvalue weighted by molar-refractivity contribution is 6.00. The molecule has 0 spiro atoms. The first-order chi connectivity index (χ1) is 9.49. The fourth-order valence-corrected chi connectivity index (χ4v) is 2.04. The van der Waals surface area contributed by atoms with Gasteiger partial charge in [0.25, 0.3) is 0 Å². The standard InChI is InChI=1S/C14H26N2O4/c1-10(2)4-3-7-20-9-11(17)8-15-12-5-6-13(18)16-14(12)19/h10-12,15,17H,3-9H2,1-2H3,(H,16,18,19). The fourth-order valence-electron chi connectivity index (χ4n) is 2.04. The van der Waals surface area contributed by atoms with Gasteiger partial charge in [0.15, 0.2) is 0 Å². The van der Waals surface area contributed by atoms with Crippen molar-refractivity contribution in [1.29, 1.82) is 0 Å². The maximum absolute atomic E-state index is 11.5. The molecule has 20 heavy (non-hydrogen) atoms. The van der Waals surface area contributed by atoms with Crippen LogP contribution in [0.3, 0.4) is 0 Å². The average Bonchev–Trinajstić information content (AvgIpc) is 2.37. The van der Waals surface area contributed by atoms with E-state index >= 15 is 0 Å². The van der Waals surface area contributed by atoms with Gasteiger partial charge < -0.3 is 15.2 Å². The van der Waals surface area contributed by atoms with E-state index in [2.05, 4.69) is 24.5 Å². The van der Waals surface area contributed by atoms with Crippen LogP contribution in [0, 0.1) is 5.92 Å². The van der Waals surface area contributed by atoms with Crippen molar-refractivity contribution >= 4 is 11.8 Å². The van der Waals surface area contributed by atoms with Gasteiger partial charge in [0.05, 0.1) is 18.8 Å². The monoisotopic (exact) mass is 286 g/mol. The molecule has 0 radical (unpaired) electrons. The molecule has 0 aromatic heterocycles. The Bertz CT molecular complexity index is 320. The molecule has 0 aliphatic carbocycles. The van der Waals surface area contributed by atoms with Crippen LogP contribution in [0.1, 0.15) is 39.5 Å². The van der Waals surface area contributed by atoms with Gasteiger partial charge in [0, 0.05) is 19.6 Å². The number of aliphatic hydroxyl groups is 1. The highest BCUT2D eigenvalue weighted by Gasteiger charge is 2.26. The van der Waals surface area contributed by atoms with Crippen molar-refractivity contribution in [1.82, 2.24) is 10.6 Å². The van der Waals surface area contributed by atoms with E-state index in [1.54, 1.807) is 0 Å². The van der Waals surface area contributed by atoms with Crippen LogP contribution in [0.5, 0.6) is 0 Å². The summed E-state index contributed by atoms with van der Waals surface area (Å²) in [6, 6.07) is -0.400. The molecule has 2 unspecified atom stereocenters. The second kappa shape index (κ2) is 9.05. The van der Waals surface area contributed by atoms with Crippen LogP contribution in [-0.2, 0) is 14.3 Å². The molecular weight excluding hydrogens is 260 g/mol. The van der Waals surface area contributed by atoms with Crippen molar-refractivity contribution in [2.75, 3.05) is 19.8 Å². The summed E-state index contributed by atoms with van der Waals surface area (Å²) in [6.07, 6.45) is 2.28. The maximum atomic E-state index is 11.5. The third-order valence-electron chi connectivity index (χ3n) is 3.22. The van der Waals surface area contributed by atoms with E-state index in [1.807, 2.05) is 0 Å². The van der Waals surface area contributed by atoms with Gasteiger partial charge in [0.2, 0.25) is 11.8 Å². The Labute approximate surface area is 120 Å². The molecule has 1 heterocycles. The van der Waals surface area contributed by atoms with Gasteiger partial charge >= 0.3 is 0 Å². The topological polar surface area (TPSA) is 87.7 Å². The van der Waals surface area contributed by atoms with Crippen LogP contribution < -0.4 is 10.6 Å². The number of amides is 2. The molecule has 116 valence electrons. The third-order valence-corrected chi connectivity index (χ3v) is 3.22. The lowest BCUT2D eigenvalue weighted by molar-refractivity contribution is -0.134. The largest absolute Gasteiger partial charge is 0.389 e. The molecule has 2 amide bonds. The lowest BCUT2D eigenvalue weighted by atomic mass is 10.1. The van der Waals surface area contributed by atoms with Crippen molar-refractivity contribution in [3.63, 3.8) is 0 Å². The zero-order chi connectivity index (χ0) is 15.0. The van der Waals surface area contributed by atoms with Crippen LogP contribution >= 0.6 is 0 Å². The lowest BCUT2D eigenvalue weighted by Gasteiger charge is -2.23. The van der Waals surface area contributed by atoms with E-state index < -0.39 is 12.1 Å². The summed E-state index contributed by atoms with van der Waals surface area (Å²) in [4.78, 5) is 22.5. The molecular formula is C14H26N2O4. The van der Waals surface area contributed by atoms with E-state index in [-0.39, 0.29) is 25.0 Å². The summed E-state index contributed by atoms with van der Waals surface area (Å²) in [7, 11) is 0. The summed E-state index contributed by atoms with van der Waals surface area (Å²) < 4.78 is 5.38. The van der Waals surface area contributed by atoms with E-state index in [0.29, 0.717) is 25.4 Å². The quantitative estimate of drug-likeness (QED) is 0.416. The first-order valence-electron chi connectivity index (χ1n) is 7.32. The first-order valence-corrected chi connectivity index (χ1v) is 7.32. The Kier molecular flexibility index (Phi) is 7.72. The van der Waals surface area contributed by atoms with E-state index in [1.165, 1.54) is 0 Å². The zero-order valence-corrected chi connectivity index (χ0v) is 12.4. The van der Waals surface area contributed by atoms with Crippen molar-refractivity contribution in [2.45, 2.75) is 51.7 Å². The smallest absolute Gasteiger partial charge is 0.243 e.